The molecule has 0 bridgehead atoms. The van der Waals surface area contributed by atoms with Crippen LogP contribution in [0.25, 0.3) is 0 Å². The van der Waals surface area contributed by atoms with Gasteiger partial charge in [-0.3, -0.25) is 4.98 Å². The van der Waals surface area contributed by atoms with Gasteiger partial charge in [-0.15, -0.1) is 0 Å². The van der Waals surface area contributed by atoms with Crippen LogP contribution in [0.4, 0.5) is 4.79 Å². The average Bonchev–Trinajstić information content (AvgIpc) is 2.41. The summed E-state index contributed by atoms with van der Waals surface area (Å²) >= 11 is 0. The zero-order chi connectivity index (χ0) is 15.5. The minimum Gasteiger partial charge on any atom is -0.480 e. The van der Waals surface area contributed by atoms with E-state index in [0.29, 0.717) is 19.6 Å². The number of ether oxygens (including phenoxy) is 1. The molecule has 0 saturated carbocycles. The maximum atomic E-state index is 12.0. The largest absolute Gasteiger partial charge is 0.480 e. The molecule has 1 aliphatic heterocycles. The fourth-order valence-corrected chi connectivity index (χ4v) is 2.22. The first-order valence-corrected chi connectivity index (χ1v) is 6.68. The van der Waals surface area contributed by atoms with E-state index in [4.69, 9.17) is 9.84 Å². The zero-order valence-electron chi connectivity index (χ0n) is 12.1. The van der Waals surface area contributed by atoms with E-state index in [0.717, 1.165) is 11.1 Å². The lowest BCUT2D eigenvalue weighted by atomic mass is 9.97. The predicted molar refractivity (Wildman–Crippen MR) is 74.8 cm³/mol. The van der Waals surface area contributed by atoms with Crippen molar-refractivity contribution in [2.75, 3.05) is 19.7 Å². The minimum absolute atomic E-state index is 0.178. The van der Waals surface area contributed by atoms with Crippen molar-refractivity contribution in [2.24, 2.45) is 0 Å². The van der Waals surface area contributed by atoms with Crippen LogP contribution in [0.3, 0.4) is 0 Å². The number of nitrogens with zero attached hydrogens (tertiary/aromatic N) is 2. The number of likely N-dealkylation sites (tertiary alicyclic amines) is 1. The van der Waals surface area contributed by atoms with E-state index in [-0.39, 0.29) is 12.6 Å². The highest BCUT2D eigenvalue weighted by Gasteiger charge is 2.42. The fraction of sp³-hybridized carbons (Fsp3) is 0.500. The van der Waals surface area contributed by atoms with Crippen molar-refractivity contribution >= 4 is 12.0 Å². The van der Waals surface area contributed by atoms with Gasteiger partial charge in [0.2, 0.25) is 0 Å². The molecule has 7 nitrogen and oxygen atoms in total. The lowest BCUT2D eigenvalue weighted by Crippen LogP contribution is -2.65. The van der Waals surface area contributed by atoms with Gasteiger partial charge in [-0.2, -0.15) is 0 Å². The van der Waals surface area contributed by atoms with Gasteiger partial charge in [0.15, 0.2) is 0 Å². The van der Waals surface area contributed by atoms with Crippen molar-refractivity contribution in [2.45, 2.75) is 26.0 Å². The number of rotatable bonds is 5. The van der Waals surface area contributed by atoms with E-state index in [2.05, 4.69) is 10.3 Å². The molecule has 2 heterocycles. The Morgan fingerprint density at radius 3 is 2.86 bits per heavy atom. The first-order chi connectivity index (χ1) is 9.89. The molecule has 7 heteroatoms. The Labute approximate surface area is 122 Å². The number of carboxylic acids is 1. The molecule has 21 heavy (non-hydrogen) atoms. The van der Waals surface area contributed by atoms with Gasteiger partial charge in [0, 0.05) is 18.9 Å². The van der Waals surface area contributed by atoms with Crippen LogP contribution in [-0.2, 0) is 16.1 Å². The number of aliphatic carboxylic acids is 1. The number of hydrogen-bond acceptors (Lipinski definition) is 4. The van der Waals surface area contributed by atoms with E-state index < -0.39 is 11.6 Å². The number of amides is 2. The number of carbonyl (C=O) groups is 2. The van der Waals surface area contributed by atoms with Gasteiger partial charge in [0.1, 0.15) is 12.2 Å². The van der Waals surface area contributed by atoms with Crippen molar-refractivity contribution in [3.8, 4) is 0 Å². The maximum Gasteiger partial charge on any atom is 0.329 e. The quantitative estimate of drug-likeness (QED) is 0.837. The SMILES string of the molecule is Cc1cnccc1CNC(=O)N1CC(C)(OCC(=O)O)C1. The van der Waals surface area contributed by atoms with Gasteiger partial charge in [-0.05, 0) is 31.0 Å². The van der Waals surface area contributed by atoms with E-state index >= 15 is 0 Å². The number of aryl methyl sites for hydroxylation is 1. The van der Waals surface area contributed by atoms with E-state index in [1.54, 1.807) is 24.2 Å². The lowest BCUT2D eigenvalue weighted by Gasteiger charge is -2.46. The van der Waals surface area contributed by atoms with Crippen LogP contribution in [0, 0.1) is 6.92 Å². The molecule has 114 valence electrons. The van der Waals surface area contributed by atoms with Crippen molar-refractivity contribution in [3.63, 3.8) is 0 Å². The number of carboxylic acid groups (broad SMARTS) is 1. The number of hydrogen-bond donors (Lipinski definition) is 2. The smallest absolute Gasteiger partial charge is 0.329 e. The van der Waals surface area contributed by atoms with Gasteiger partial charge in [0.05, 0.1) is 13.1 Å². The molecule has 1 aliphatic rings. The highest BCUT2D eigenvalue weighted by Crippen LogP contribution is 2.24. The Hall–Kier alpha value is -2.15. The molecular formula is C14H19N3O4. The van der Waals surface area contributed by atoms with Crippen LogP contribution < -0.4 is 5.32 Å². The molecule has 2 rings (SSSR count). The molecular weight excluding hydrogens is 274 g/mol. The van der Waals surface area contributed by atoms with Gasteiger partial charge in [0.25, 0.3) is 0 Å². The lowest BCUT2D eigenvalue weighted by molar-refractivity contribution is -0.159. The predicted octanol–water partition coefficient (Wildman–Crippen LogP) is 0.775. The van der Waals surface area contributed by atoms with Gasteiger partial charge in [-0.25, -0.2) is 9.59 Å². The highest BCUT2D eigenvalue weighted by atomic mass is 16.5. The molecule has 1 fully saturated rings. The normalized spacial score (nSPS) is 16.2. The third kappa shape index (κ3) is 3.91. The van der Waals surface area contributed by atoms with Crippen LogP contribution in [0.2, 0.25) is 0 Å². The Morgan fingerprint density at radius 1 is 1.52 bits per heavy atom. The summed E-state index contributed by atoms with van der Waals surface area (Å²) < 4.78 is 5.26. The summed E-state index contributed by atoms with van der Waals surface area (Å²) in [6.45, 7) is 4.61. The van der Waals surface area contributed by atoms with Gasteiger partial charge < -0.3 is 20.1 Å². The Morgan fingerprint density at radius 2 is 2.24 bits per heavy atom. The van der Waals surface area contributed by atoms with Crippen molar-refractivity contribution in [1.29, 1.82) is 0 Å². The second-order valence-electron chi connectivity index (χ2n) is 5.45. The van der Waals surface area contributed by atoms with Crippen LogP contribution in [0.1, 0.15) is 18.1 Å². The Bertz CT molecular complexity index is 541. The molecule has 1 aromatic rings. The average molecular weight is 293 g/mol. The molecule has 2 amide bonds. The molecule has 0 atom stereocenters. The fourth-order valence-electron chi connectivity index (χ4n) is 2.22. The van der Waals surface area contributed by atoms with E-state index in [1.165, 1.54) is 0 Å². The Kier molecular flexibility index (Phi) is 4.42. The van der Waals surface area contributed by atoms with Crippen molar-refractivity contribution in [1.82, 2.24) is 15.2 Å². The van der Waals surface area contributed by atoms with Crippen LogP contribution in [0.15, 0.2) is 18.5 Å². The van der Waals surface area contributed by atoms with Crippen LogP contribution >= 0.6 is 0 Å². The number of carbonyl (C=O) groups excluding carboxylic acids is 1. The molecule has 0 aromatic carbocycles. The van der Waals surface area contributed by atoms with Crippen molar-refractivity contribution in [3.05, 3.63) is 29.6 Å². The number of pyridine rings is 1. The van der Waals surface area contributed by atoms with Crippen LogP contribution in [-0.4, -0.2) is 52.3 Å². The van der Waals surface area contributed by atoms with E-state index in [1.807, 2.05) is 13.0 Å². The van der Waals surface area contributed by atoms with E-state index in [9.17, 15) is 9.59 Å². The maximum absolute atomic E-state index is 12.0. The number of urea groups is 1. The number of nitrogens with one attached hydrogen (secondary N) is 1. The minimum atomic E-state index is -1.01. The molecule has 1 saturated heterocycles. The first kappa shape index (κ1) is 15.2. The van der Waals surface area contributed by atoms with Gasteiger partial charge in [-0.1, -0.05) is 0 Å². The third-order valence-electron chi connectivity index (χ3n) is 3.45. The Balaban J connectivity index is 1.76. The topological polar surface area (TPSA) is 91.8 Å². The summed E-state index contributed by atoms with van der Waals surface area (Å²) in [6.07, 6.45) is 3.44. The highest BCUT2D eigenvalue weighted by molar-refractivity contribution is 5.75. The van der Waals surface area contributed by atoms with Crippen molar-refractivity contribution < 1.29 is 19.4 Å². The zero-order valence-corrected chi connectivity index (χ0v) is 12.1. The van der Waals surface area contributed by atoms with Gasteiger partial charge >= 0.3 is 12.0 Å². The summed E-state index contributed by atoms with van der Waals surface area (Å²) in [5.41, 5.74) is 1.47. The second-order valence-corrected chi connectivity index (χ2v) is 5.45. The molecule has 1 aromatic heterocycles. The number of aromatic nitrogens is 1. The first-order valence-electron chi connectivity index (χ1n) is 6.68. The molecule has 0 spiro atoms. The standard InChI is InChI=1S/C14H19N3O4/c1-10-5-15-4-3-11(10)6-16-13(20)17-8-14(2,9-17)21-7-12(18)19/h3-5H,6-9H2,1-2H3,(H,16,20)(H,18,19). The summed E-state index contributed by atoms with van der Waals surface area (Å²) in [4.78, 5) is 28.0. The summed E-state index contributed by atoms with van der Waals surface area (Å²) in [7, 11) is 0. The van der Waals surface area contributed by atoms with Crippen LogP contribution in [0.5, 0.6) is 0 Å². The summed E-state index contributed by atoms with van der Waals surface area (Å²) in [5.74, 6) is -1.01. The molecule has 0 aliphatic carbocycles. The third-order valence-corrected chi connectivity index (χ3v) is 3.45. The second kappa shape index (κ2) is 6.09. The summed E-state index contributed by atoms with van der Waals surface area (Å²) in [5, 5.41) is 11.4. The monoisotopic (exact) mass is 293 g/mol. The summed E-state index contributed by atoms with van der Waals surface area (Å²) in [6, 6.07) is 1.69. The molecule has 2 N–H and O–H groups in total. The molecule has 0 radical (unpaired) electrons. The molecule has 0 unspecified atom stereocenters.